The summed E-state index contributed by atoms with van der Waals surface area (Å²) in [6.07, 6.45) is 0.583. The summed E-state index contributed by atoms with van der Waals surface area (Å²) in [4.78, 5) is 12.4. The molecule has 0 spiro atoms. The van der Waals surface area contributed by atoms with Gasteiger partial charge in [-0.05, 0) is 56.9 Å². The molecule has 1 amide bonds. The minimum atomic E-state index is -4.93. The number of carbonyl (C=O) groups is 1. The van der Waals surface area contributed by atoms with Crippen molar-refractivity contribution in [1.29, 1.82) is 0 Å². The second-order valence-electron chi connectivity index (χ2n) is 8.84. The standard InChI is InChI=1S/C25H30F3N5O3/c1-5-20-18-13-17(10-11-21(18)33(30-20)22-9-7-8-12-35-22)19-14-29-31(4)23(19)36-16(3)15-32(6-2)24(34)25(26,27)28/h5,10-11,13-14,16,22H,1,6-9,12,15H2,2-4H3. The van der Waals surface area contributed by atoms with Crippen molar-refractivity contribution in [3.63, 3.8) is 0 Å². The molecular formula is C25H30F3N5O3. The molecule has 11 heteroatoms. The van der Waals surface area contributed by atoms with E-state index in [1.165, 1.54) is 11.6 Å². The molecule has 1 aliphatic heterocycles. The molecule has 8 nitrogen and oxygen atoms in total. The Hall–Kier alpha value is -3.34. The maximum absolute atomic E-state index is 12.9. The smallest absolute Gasteiger partial charge is 0.471 e. The van der Waals surface area contributed by atoms with E-state index in [1.54, 1.807) is 26.2 Å². The van der Waals surface area contributed by atoms with Crippen LogP contribution in [0.4, 0.5) is 13.2 Å². The summed E-state index contributed by atoms with van der Waals surface area (Å²) >= 11 is 0. The maximum Gasteiger partial charge on any atom is 0.471 e. The number of alkyl halides is 3. The van der Waals surface area contributed by atoms with Crippen molar-refractivity contribution in [2.75, 3.05) is 19.7 Å². The number of fused-ring (bicyclic) bond motifs is 1. The lowest BCUT2D eigenvalue weighted by Crippen LogP contribution is -2.45. The second-order valence-corrected chi connectivity index (χ2v) is 8.84. The quantitative estimate of drug-likeness (QED) is 0.433. The monoisotopic (exact) mass is 505 g/mol. The molecule has 2 aromatic heterocycles. The first-order valence-corrected chi connectivity index (χ1v) is 12.0. The molecule has 3 heterocycles. The fourth-order valence-corrected chi connectivity index (χ4v) is 4.46. The van der Waals surface area contributed by atoms with Gasteiger partial charge in [0.15, 0.2) is 6.23 Å². The third-order valence-electron chi connectivity index (χ3n) is 6.25. The summed E-state index contributed by atoms with van der Waals surface area (Å²) in [5, 5.41) is 9.90. The summed E-state index contributed by atoms with van der Waals surface area (Å²) in [6, 6.07) is 5.86. The summed E-state index contributed by atoms with van der Waals surface area (Å²) in [5.41, 5.74) is 3.13. The molecule has 0 N–H and O–H groups in total. The predicted molar refractivity (Wildman–Crippen MR) is 129 cm³/mol. The van der Waals surface area contributed by atoms with Crippen LogP contribution < -0.4 is 4.74 Å². The number of rotatable bonds is 8. The zero-order valence-electron chi connectivity index (χ0n) is 20.6. The van der Waals surface area contributed by atoms with Crippen LogP contribution in [-0.2, 0) is 16.6 Å². The van der Waals surface area contributed by atoms with Crippen molar-refractivity contribution in [1.82, 2.24) is 24.5 Å². The molecule has 36 heavy (non-hydrogen) atoms. The lowest BCUT2D eigenvalue weighted by molar-refractivity contribution is -0.186. The van der Waals surface area contributed by atoms with Gasteiger partial charge in [0, 0.05) is 25.6 Å². The Bertz CT molecular complexity index is 1240. The van der Waals surface area contributed by atoms with E-state index in [0.29, 0.717) is 18.1 Å². The van der Waals surface area contributed by atoms with Crippen molar-refractivity contribution < 1.29 is 27.4 Å². The van der Waals surface area contributed by atoms with Gasteiger partial charge in [0.2, 0.25) is 5.88 Å². The van der Waals surface area contributed by atoms with Gasteiger partial charge in [-0.1, -0.05) is 12.6 Å². The average Bonchev–Trinajstić information content (AvgIpc) is 3.41. The number of benzene rings is 1. The highest BCUT2D eigenvalue weighted by molar-refractivity contribution is 5.91. The first-order chi connectivity index (χ1) is 17.1. The molecule has 2 unspecified atom stereocenters. The fourth-order valence-electron chi connectivity index (χ4n) is 4.46. The van der Waals surface area contributed by atoms with Crippen LogP contribution in [-0.4, -0.2) is 62.3 Å². The summed E-state index contributed by atoms with van der Waals surface area (Å²) in [7, 11) is 1.69. The van der Waals surface area contributed by atoms with E-state index in [0.717, 1.165) is 46.3 Å². The van der Waals surface area contributed by atoms with E-state index in [1.807, 2.05) is 22.9 Å². The molecule has 4 rings (SSSR count). The zero-order valence-corrected chi connectivity index (χ0v) is 20.6. The van der Waals surface area contributed by atoms with Crippen LogP contribution in [0.25, 0.3) is 28.1 Å². The Morgan fingerprint density at radius 3 is 2.81 bits per heavy atom. The number of aryl methyl sites for hydroxylation is 1. The zero-order chi connectivity index (χ0) is 26.0. The van der Waals surface area contributed by atoms with E-state index in [-0.39, 0.29) is 19.3 Å². The van der Waals surface area contributed by atoms with Gasteiger partial charge >= 0.3 is 12.1 Å². The molecule has 1 aromatic carbocycles. The van der Waals surface area contributed by atoms with E-state index >= 15 is 0 Å². The fraction of sp³-hybridized carbons (Fsp3) is 0.480. The number of amides is 1. The SMILES string of the molecule is C=Cc1nn(C2CCCCO2)c2ccc(-c3cnn(C)c3OC(C)CN(CC)C(=O)C(F)(F)F)cc12. The van der Waals surface area contributed by atoms with Crippen LogP contribution >= 0.6 is 0 Å². The minimum Gasteiger partial charge on any atom is -0.472 e. The summed E-state index contributed by atoms with van der Waals surface area (Å²) < 4.78 is 54.1. The van der Waals surface area contributed by atoms with Gasteiger partial charge in [0.1, 0.15) is 6.10 Å². The lowest BCUT2D eigenvalue weighted by Gasteiger charge is -2.26. The highest BCUT2D eigenvalue weighted by atomic mass is 19.4. The highest BCUT2D eigenvalue weighted by Gasteiger charge is 2.42. The molecule has 1 aliphatic rings. The lowest BCUT2D eigenvalue weighted by atomic mass is 10.1. The Morgan fingerprint density at radius 1 is 1.39 bits per heavy atom. The number of nitrogens with zero attached hydrogens (tertiary/aromatic N) is 5. The topological polar surface area (TPSA) is 74.4 Å². The van der Waals surface area contributed by atoms with Gasteiger partial charge in [0.25, 0.3) is 0 Å². The molecule has 3 aromatic rings. The van der Waals surface area contributed by atoms with E-state index in [4.69, 9.17) is 14.6 Å². The van der Waals surface area contributed by atoms with E-state index in [2.05, 4.69) is 11.7 Å². The third kappa shape index (κ3) is 5.11. The molecule has 2 atom stereocenters. The largest absolute Gasteiger partial charge is 0.472 e. The van der Waals surface area contributed by atoms with E-state index < -0.39 is 18.2 Å². The number of ether oxygens (including phenoxy) is 2. The van der Waals surface area contributed by atoms with Crippen LogP contribution in [0.1, 0.15) is 45.0 Å². The molecule has 1 fully saturated rings. The third-order valence-corrected chi connectivity index (χ3v) is 6.25. The number of likely N-dealkylation sites (N-methyl/N-ethyl adjacent to an activating group) is 1. The van der Waals surface area contributed by atoms with Crippen molar-refractivity contribution in [2.45, 2.75) is 51.6 Å². The molecule has 0 radical (unpaired) electrons. The first-order valence-electron chi connectivity index (χ1n) is 12.0. The minimum absolute atomic E-state index is 0.0834. The summed E-state index contributed by atoms with van der Waals surface area (Å²) in [6.45, 7) is 7.42. The van der Waals surface area contributed by atoms with Gasteiger partial charge in [-0.3, -0.25) is 4.79 Å². The second kappa shape index (κ2) is 10.3. The van der Waals surface area contributed by atoms with E-state index in [9.17, 15) is 18.0 Å². The Morgan fingerprint density at radius 2 is 2.17 bits per heavy atom. The average molecular weight is 506 g/mol. The molecule has 194 valence electrons. The van der Waals surface area contributed by atoms with Crippen molar-refractivity contribution in [3.8, 4) is 17.0 Å². The molecule has 1 saturated heterocycles. The first kappa shape index (κ1) is 25.7. The number of hydrogen-bond donors (Lipinski definition) is 0. The van der Waals surface area contributed by atoms with Crippen LogP contribution in [0.5, 0.6) is 5.88 Å². The van der Waals surface area contributed by atoms with Crippen LogP contribution in [0.2, 0.25) is 0 Å². The number of halogens is 3. The highest BCUT2D eigenvalue weighted by Crippen LogP contribution is 2.35. The predicted octanol–water partition coefficient (Wildman–Crippen LogP) is 4.96. The Labute approximate surface area is 207 Å². The van der Waals surface area contributed by atoms with Crippen molar-refractivity contribution in [2.24, 2.45) is 7.05 Å². The summed E-state index contributed by atoms with van der Waals surface area (Å²) in [5.74, 6) is -1.49. The van der Waals surface area contributed by atoms with Gasteiger partial charge in [-0.2, -0.15) is 23.4 Å². The van der Waals surface area contributed by atoms with Crippen molar-refractivity contribution in [3.05, 3.63) is 36.7 Å². The molecule has 0 bridgehead atoms. The number of carbonyl (C=O) groups excluding carboxylic acids is 1. The molecule has 0 aliphatic carbocycles. The Kier molecular flexibility index (Phi) is 7.39. The maximum atomic E-state index is 12.9. The van der Waals surface area contributed by atoms with Crippen LogP contribution in [0, 0.1) is 0 Å². The van der Waals surface area contributed by atoms with Crippen LogP contribution in [0.15, 0.2) is 31.0 Å². The van der Waals surface area contributed by atoms with Crippen LogP contribution in [0.3, 0.4) is 0 Å². The molecular weight excluding hydrogens is 475 g/mol. The number of hydrogen-bond acceptors (Lipinski definition) is 5. The van der Waals surface area contributed by atoms with Gasteiger partial charge < -0.3 is 14.4 Å². The number of aromatic nitrogens is 4. The Balaban J connectivity index is 1.62. The molecule has 0 saturated carbocycles. The normalized spacial score (nSPS) is 17.2. The van der Waals surface area contributed by atoms with Gasteiger partial charge in [-0.25, -0.2) is 9.36 Å². The van der Waals surface area contributed by atoms with Gasteiger partial charge in [0.05, 0.1) is 29.5 Å². The van der Waals surface area contributed by atoms with Crippen molar-refractivity contribution >= 4 is 22.9 Å². The van der Waals surface area contributed by atoms with Gasteiger partial charge in [-0.15, -0.1) is 0 Å².